The second-order valence-corrected chi connectivity index (χ2v) is 8.38. The van der Waals surface area contributed by atoms with Crippen LogP contribution in [-0.4, -0.2) is 75.7 Å². The minimum atomic E-state index is -1.22. The maximum absolute atomic E-state index is 13.0. The molecular formula is C23H35N5O8. The van der Waals surface area contributed by atoms with Crippen LogP contribution in [0.1, 0.15) is 44.6 Å². The number of amides is 3. The minimum Gasteiger partial charge on any atom is -0.508 e. The molecule has 13 heteroatoms. The van der Waals surface area contributed by atoms with Gasteiger partial charge in [-0.15, -0.1) is 0 Å². The first kappa shape index (κ1) is 30.3. The summed E-state index contributed by atoms with van der Waals surface area (Å²) in [5.41, 5.74) is 11.7. The zero-order valence-corrected chi connectivity index (χ0v) is 20.1. The van der Waals surface area contributed by atoms with Gasteiger partial charge in [-0.1, -0.05) is 12.1 Å². The molecule has 0 spiro atoms. The van der Waals surface area contributed by atoms with E-state index in [9.17, 15) is 34.2 Å². The zero-order chi connectivity index (χ0) is 27.3. The van der Waals surface area contributed by atoms with Crippen LogP contribution < -0.4 is 27.4 Å². The standard InChI is InChI=1S/C23H35N5O8/c1-13(20(32)27-17(23(35)36)4-2-3-11-24)26-22(34)18(12-14-5-7-15(29)8-6-14)28-21(33)16(25)9-10-19(30)31/h5-8,13,16-18,29H,2-4,9-12,24-25H2,1H3,(H,26,34)(H,27,32)(H,28,33)(H,30,31)(H,35,36). The van der Waals surface area contributed by atoms with Crippen LogP contribution >= 0.6 is 0 Å². The molecular weight excluding hydrogens is 474 g/mol. The Hall–Kier alpha value is -3.71. The normalized spacial score (nSPS) is 14.1. The van der Waals surface area contributed by atoms with Crippen LogP contribution in [0.5, 0.6) is 5.75 Å². The Balaban J connectivity index is 2.90. The van der Waals surface area contributed by atoms with E-state index in [4.69, 9.17) is 16.6 Å². The lowest BCUT2D eigenvalue weighted by Crippen LogP contribution is -2.56. The van der Waals surface area contributed by atoms with Crippen LogP contribution in [0.25, 0.3) is 0 Å². The maximum Gasteiger partial charge on any atom is 0.326 e. The summed E-state index contributed by atoms with van der Waals surface area (Å²) in [4.78, 5) is 60.2. The van der Waals surface area contributed by atoms with Gasteiger partial charge in [0.1, 0.15) is 23.9 Å². The first-order valence-corrected chi connectivity index (χ1v) is 11.5. The van der Waals surface area contributed by atoms with E-state index in [-0.39, 0.29) is 31.4 Å². The second kappa shape index (κ2) is 15.3. The summed E-state index contributed by atoms with van der Waals surface area (Å²) in [5, 5.41) is 34.9. The molecule has 36 heavy (non-hydrogen) atoms. The van der Waals surface area contributed by atoms with Gasteiger partial charge in [-0.25, -0.2) is 4.79 Å². The average Bonchev–Trinajstić information content (AvgIpc) is 2.82. The molecule has 0 aromatic heterocycles. The molecule has 3 amide bonds. The summed E-state index contributed by atoms with van der Waals surface area (Å²) in [6, 6.07) is 1.24. The van der Waals surface area contributed by atoms with Gasteiger partial charge < -0.3 is 42.7 Å². The number of phenols is 1. The van der Waals surface area contributed by atoms with Gasteiger partial charge in [0.2, 0.25) is 17.7 Å². The number of carboxylic acid groups (broad SMARTS) is 2. The summed E-state index contributed by atoms with van der Waals surface area (Å²) >= 11 is 0. The van der Waals surface area contributed by atoms with E-state index in [1.54, 1.807) is 12.1 Å². The second-order valence-electron chi connectivity index (χ2n) is 8.38. The molecule has 0 fully saturated rings. The Morgan fingerprint density at radius 1 is 0.861 bits per heavy atom. The zero-order valence-electron chi connectivity index (χ0n) is 20.1. The molecule has 13 nitrogen and oxygen atoms in total. The number of carbonyl (C=O) groups is 5. The number of aliphatic carboxylic acids is 2. The number of rotatable bonds is 16. The maximum atomic E-state index is 13.0. The van der Waals surface area contributed by atoms with E-state index in [1.807, 2.05) is 0 Å². The predicted molar refractivity (Wildman–Crippen MR) is 129 cm³/mol. The fourth-order valence-electron chi connectivity index (χ4n) is 3.19. The highest BCUT2D eigenvalue weighted by Gasteiger charge is 2.28. The van der Waals surface area contributed by atoms with Gasteiger partial charge in [0.15, 0.2) is 0 Å². The number of hydrogen-bond acceptors (Lipinski definition) is 8. The van der Waals surface area contributed by atoms with Gasteiger partial charge in [0, 0.05) is 12.8 Å². The fourth-order valence-corrected chi connectivity index (χ4v) is 3.19. The number of nitrogens with two attached hydrogens (primary N) is 2. The molecule has 4 atom stereocenters. The van der Waals surface area contributed by atoms with Crippen molar-refractivity contribution in [3.05, 3.63) is 29.8 Å². The Kier molecular flexibility index (Phi) is 12.9. The van der Waals surface area contributed by atoms with Gasteiger partial charge in [-0.2, -0.15) is 0 Å². The van der Waals surface area contributed by atoms with Gasteiger partial charge in [-0.05, 0) is 56.8 Å². The molecule has 0 radical (unpaired) electrons. The SMILES string of the molecule is CC(NC(=O)C(Cc1ccc(O)cc1)NC(=O)C(N)CCC(=O)O)C(=O)NC(CCCCN)C(=O)O. The van der Waals surface area contributed by atoms with E-state index in [0.29, 0.717) is 24.9 Å². The molecule has 1 aromatic carbocycles. The van der Waals surface area contributed by atoms with E-state index in [1.165, 1.54) is 19.1 Å². The number of carbonyl (C=O) groups excluding carboxylic acids is 3. The number of phenolic OH excluding ortho intramolecular Hbond substituents is 1. The van der Waals surface area contributed by atoms with E-state index < -0.39 is 53.8 Å². The van der Waals surface area contributed by atoms with Gasteiger partial charge >= 0.3 is 11.9 Å². The topological polar surface area (TPSA) is 234 Å². The van der Waals surface area contributed by atoms with Crippen LogP contribution in [0.2, 0.25) is 0 Å². The number of benzene rings is 1. The number of aromatic hydroxyl groups is 1. The lowest BCUT2D eigenvalue weighted by molar-refractivity contribution is -0.142. The third kappa shape index (κ3) is 11.1. The van der Waals surface area contributed by atoms with Crippen molar-refractivity contribution in [2.45, 2.75) is 69.6 Å². The Morgan fingerprint density at radius 3 is 2.03 bits per heavy atom. The van der Waals surface area contributed by atoms with Crippen molar-refractivity contribution in [2.24, 2.45) is 11.5 Å². The molecule has 0 heterocycles. The quantitative estimate of drug-likeness (QED) is 0.124. The minimum absolute atomic E-state index is 0.00391. The molecule has 4 unspecified atom stereocenters. The summed E-state index contributed by atoms with van der Waals surface area (Å²) in [6.45, 7) is 1.75. The molecule has 10 N–H and O–H groups in total. The predicted octanol–water partition coefficient (Wildman–Crippen LogP) is -1.19. The van der Waals surface area contributed by atoms with Crippen molar-refractivity contribution in [1.29, 1.82) is 0 Å². The van der Waals surface area contributed by atoms with Crippen molar-refractivity contribution < 1.29 is 39.3 Å². The molecule has 0 saturated heterocycles. The smallest absolute Gasteiger partial charge is 0.326 e. The van der Waals surface area contributed by atoms with Crippen LogP contribution in [0.3, 0.4) is 0 Å². The lowest BCUT2D eigenvalue weighted by atomic mass is 10.0. The highest BCUT2D eigenvalue weighted by molar-refractivity contribution is 5.94. The lowest BCUT2D eigenvalue weighted by Gasteiger charge is -2.23. The van der Waals surface area contributed by atoms with Crippen LogP contribution in [0.4, 0.5) is 0 Å². The summed E-state index contributed by atoms with van der Waals surface area (Å²) in [6.07, 6.45) is 0.767. The van der Waals surface area contributed by atoms with E-state index in [0.717, 1.165) is 0 Å². The molecule has 0 aliphatic heterocycles. The third-order valence-corrected chi connectivity index (χ3v) is 5.33. The average molecular weight is 510 g/mol. The highest BCUT2D eigenvalue weighted by atomic mass is 16.4. The molecule has 0 aliphatic rings. The third-order valence-electron chi connectivity index (χ3n) is 5.33. The van der Waals surface area contributed by atoms with E-state index in [2.05, 4.69) is 16.0 Å². The van der Waals surface area contributed by atoms with Gasteiger partial charge in [0.05, 0.1) is 6.04 Å². The highest BCUT2D eigenvalue weighted by Crippen LogP contribution is 2.12. The van der Waals surface area contributed by atoms with Gasteiger partial charge in [0.25, 0.3) is 0 Å². The van der Waals surface area contributed by atoms with Crippen LogP contribution in [0, 0.1) is 0 Å². The number of carboxylic acids is 2. The molecule has 0 saturated carbocycles. The fraction of sp³-hybridized carbons (Fsp3) is 0.522. The number of nitrogens with one attached hydrogen (secondary N) is 3. The Labute approximate surface area is 208 Å². The number of hydrogen-bond donors (Lipinski definition) is 8. The first-order valence-electron chi connectivity index (χ1n) is 11.5. The molecule has 0 aliphatic carbocycles. The summed E-state index contributed by atoms with van der Waals surface area (Å²) in [5.74, 6) is -4.55. The van der Waals surface area contributed by atoms with E-state index >= 15 is 0 Å². The summed E-state index contributed by atoms with van der Waals surface area (Å²) < 4.78 is 0. The van der Waals surface area contributed by atoms with Crippen molar-refractivity contribution >= 4 is 29.7 Å². The Morgan fingerprint density at radius 2 is 1.47 bits per heavy atom. The van der Waals surface area contributed by atoms with Crippen molar-refractivity contribution in [3.8, 4) is 5.75 Å². The van der Waals surface area contributed by atoms with Crippen molar-refractivity contribution in [1.82, 2.24) is 16.0 Å². The number of unbranched alkanes of at least 4 members (excludes halogenated alkanes) is 1. The Bertz CT molecular complexity index is 908. The molecule has 1 aromatic rings. The molecule has 1 rings (SSSR count). The van der Waals surface area contributed by atoms with Crippen LogP contribution in [0.15, 0.2) is 24.3 Å². The first-order chi connectivity index (χ1) is 16.9. The van der Waals surface area contributed by atoms with Crippen molar-refractivity contribution in [3.63, 3.8) is 0 Å². The molecule has 0 bridgehead atoms. The van der Waals surface area contributed by atoms with Crippen LogP contribution in [-0.2, 0) is 30.4 Å². The van der Waals surface area contributed by atoms with Gasteiger partial charge in [-0.3, -0.25) is 19.2 Å². The monoisotopic (exact) mass is 509 g/mol. The van der Waals surface area contributed by atoms with Crippen molar-refractivity contribution in [2.75, 3.05) is 6.54 Å². The summed E-state index contributed by atoms with van der Waals surface area (Å²) in [7, 11) is 0. The largest absolute Gasteiger partial charge is 0.508 e. The molecule has 200 valence electrons.